The summed E-state index contributed by atoms with van der Waals surface area (Å²) >= 11 is 6.09. The van der Waals surface area contributed by atoms with Gasteiger partial charge in [0, 0.05) is 31.2 Å². The fourth-order valence-electron chi connectivity index (χ4n) is 4.43. The zero-order valence-electron chi connectivity index (χ0n) is 17.0. The van der Waals surface area contributed by atoms with Crippen molar-refractivity contribution in [3.05, 3.63) is 85.6 Å². The van der Waals surface area contributed by atoms with Gasteiger partial charge in [0.05, 0.1) is 28.9 Å². The Labute approximate surface area is 182 Å². The van der Waals surface area contributed by atoms with Crippen LogP contribution in [0.1, 0.15) is 17.4 Å². The fraction of sp³-hybridized carbons (Fsp3) is 0.217. The van der Waals surface area contributed by atoms with Crippen molar-refractivity contribution in [3.63, 3.8) is 0 Å². The number of hydrogen-bond acceptors (Lipinski definition) is 4. The molecular weight excluding hydrogens is 418 g/mol. The van der Waals surface area contributed by atoms with Crippen molar-refractivity contribution in [2.45, 2.75) is 12.6 Å². The molecule has 1 aliphatic rings. The lowest BCUT2D eigenvalue weighted by atomic mass is 10.0. The second kappa shape index (κ2) is 7.14. The number of ether oxygens (including phenoxy) is 1. The van der Waals surface area contributed by atoms with E-state index in [-0.39, 0.29) is 11.3 Å². The number of halogens is 1. The van der Waals surface area contributed by atoms with Gasteiger partial charge in [-0.25, -0.2) is 4.79 Å². The van der Waals surface area contributed by atoms with Crippen LogP contribution in [0.4, 0.5) is 0 Å². The number of nitrogens with zero attached hydrogens (tertiary/aromatic N) is 3. The van der Waals surface area contributed by atoms with Crippen molar-refractivity contribution >= 4 is 22.5 Å². The van der Waals surface area contributed by atoms with Crippen molar-refractivity contribution < 1.29 is 9.84 Å². The number of para-hydroxylation sites is 1. The molecule has 0 fully saturated rings. The lowest BCUT2D eigenvalue weighted by Gasteiger charge is -2.28. The van der Waals surface area contributed by atoms with Crippen LogP contribution in [0.2, 0.25) is 5.02 Å². The third-order valence-electron chi connectivity index (χ3n) is 5.89. The zero-order valence-corrected chi connectivity index (χ0v) is 17.8. The summed E-state index contributed by atoms with van der Waals surface area (Å²) in [6.45, 7) is 0.894. The van der Waals surface area contributed by atoms with Gasteiger partial charge in [0.25, 0.3) is 5.56 Å². The van der Waals surface area contributed by atoms with Crippen molar-refractivity contribution in [2.75, 3.05) is 6.61 Å². The fourth-order valence-corrected chi connectivity index (χ4v) is 4.56. The summed E-state index contributed by atoms with van der Waals surface area (Å²) in [6.07, 6.45) is -0.629. The van der Waals surface area contributed by atoms with Crippen LogP contribution in [-0.2, 0) is 25.4 Å². The molecule has 0 saturated heterocycles. The van der Waals surface area contributed by atoms with Crippen LogP contribution in [0.3, 0.4) is 0 Å². The molecule has 0 spiro atoms. The normalized spacial score (nSPS) is 15.9. The number of aromatic hydroxyl groups is 1. The highest BCUT2D eigenvalue weighted by atomic mass is 35.5. The molecule has 5 rings (SSSR count). The molecule has 2 aromatic carbocycles. The summed E-state index contributed by atoms with van der Waals surface area (Å²) in [5.41, 5.74) is 2.49. The highest BCUT2D eigenvalue weighted by molar-refractivity contribution is 6.30. The van der Waals surface area contributed by atoms with Gasteiger partial charge in [-0.05, 0) is 23.8 Å². The first kappa shape index (κ1) is 19.7. The Balaban J connectivity index is 1.96. The molecule has 0 aliphatic carbocycles. The van der Waals surface area contributed by atoms with Crippen LogP contribution in [0.5, 0.6) is 5.75 Å². The minimum Gasteiger partial charge on any atom is -0.508 e. The van der Waals surface area contributed by atoms with E-state index in [4.69, 9.17) is 16.3 Å². The Morgan fingerprint density at radius 3 is 2.45 bits per heavy atom. The van der Waals surface area contributed by atoms with Crippen molar-refractivity contribution in [3.8, 4) is 17.0 Å². The maximum Gasteiger partial charge on any atom is 0.331 e. The lowest BCUT2D eigenvalue weighted by Crippen LogP contribution is -2.37. The van der Waals surface area contributed by atoms with Gasteiger partial charge in [-0.15, -0.1) is 0 Å². The van der Waals surface area contributed by atoms with Gasteiger partial charge < -0.3 is 14.4 Å². The van der Waals surface area contributed by atoms with E-state index in [2.05, 4.69) is 0 Å². The second-order valence-corrected chi connectivity index (χ2v) is 8.07. The largest absolute Gasteiger partial charge is 0.508 e. The molecule has 1 aliphatic heterocycles. The van der Waals surface area contributed by atoms with E-state index >= 15 is 0 Å². The quantitative estimate of drug-likeness (QED) is 0.522. The molecule has 3 heterocycles. The molecule has 31 heavy (non-hydrogen) atoms. The van der Waals surface area contributed by atoms with Gasteiger partial charge in [0.1, 0.15) is 11.9 Å². The van der Waals surface area contributed by atoms with Crippen molar-refractivity contribution in [1.82, 2.24) is 13.7 Å². The first-order valence-electron chi connectivity index (χ1n) is 9.87. The highest BCUT2D eigenvalue weighted by Gasteiger charge is 2.34. The predicted octanol–water partition coefficient (Wildman–Crippen LogP) is 3.18. The Morgan fingerprint density at radius 2 is 1.74 bits per heavy atom. The molecule has 0 amide bonds. The molecule has 1 N–H and O–H groups in total. The summed E-state index contributed by atoms with van der Waals surface area (Å²) in [5, 5.41) is 11.5. The first-order chi connectivity index (χ1) is 14.9. The molecule has 8 heteroatoms. The molecule has 2 aromatic heterocycles. The van der Waals surface area contributed by atoms with Crippen LogP contribution in [0.25, 0.3) is 22.2 Å². The van der Waals surface area contributed by atoms with E-state index < -0.39 is 11.8 Å². The van der Waals surface area contributed by atoms with Gasteiger partial charge >= 0.3 is 5.69 Å². The summed E-state index contributed by atoms with van der Waals surface area (Å²) in [5.74, 6) is 0.0946. The Kier molecular flexibility index (Phi) is 4.53. The van der Waals surface area contributed by atoms with Gasteiger partial charge in [-0.1, -0.05) is 41.9 Å². The van der Waals surface area contributed by atoms with Crippen LogP contribution in [0, 0.1) is 0 Å². The number of aryl methyl sites for hydroxylation is 1. The topological polar surface area (TPSA) is 78.4 Å². The molecule has 0 radical (unpaired) electrons. The van der Waals surface area contributed by atoms with E-state index in [0.717, 1.165) is 10.1 Å². The number of aromatic nitrogens is 3. The number of phenolic OH excluding ortho intramolecular Hbond substituents is 1. The maximum absolute atomic E-state index is 13.3. The molecule has 158 valence electrons. The number of benzene rings is 2. The summed E-state index contributed by atoms with van der Waals surface area (Å²) < 4.78 is 10.7. The molecule has 7 nitrogen and oxygen atoms in total. The first-order valence-corrected chi connectivity index (χ1v) is 10.3. The Hall–Kier alpha value is -3.29. The molecular formula is C23H20ClN3O4. The molecule has 0 unspecified atom stereocenters. The number of phenols is 1. The van der Waals surface area contributed by atoms with Crippen molar-refractivity contribution in [1.29, 1.82) is 0 Å². The molecule has 0 bridgehead atoms. The van der Waals surface area contributed by atoms with E-state index in [1.807, 2.05) is 22.8 Å². The third kappa shape index (κ3) is 2.85. The van der Waals surface area contributed by atoms with Crippen LogP contribution in [0.15, 0.2) is 58.1 Å². The van der Waals surface area contributed by atoms with Crippen molar-refractivity contribution in [2.24, 2.45) is 14.1 Å². The third-order valence-corrected chi connectivity index (χ3v) is 6.14. The van der Waals surface area contributed by atoms with Gasteiger partial charge in [0.2, 0.25) is 0 Å². The SMILES string of the molecule is Cn1c(=O)c2c(-c3ccc(Cl)cc3)n3c(c2n(C)c1=O)[C@@H](c1ccccc1O)OCC3. The average molecular weight is 438 g/mol. The highest BCUT2D eigenvalue weighted by Crippen LogP contribution is 2.42. The van der Waals surface area contributed by atoms with Gasteiger partial charge in [0.15, 0.2) is 0 Å². The Morgan fingerprint density at radius 1 is 1.03 bits per heavy atom. The zero-order chi connectivity index (χ0) is 21.9. The van der Waals surface area contributed by atoms with Crippen LogP contribution < -0.4 is 11.2 Å². The molecule has 4 aromatic rings. The van der Waals surface area contributed by atoms with Gasteiger partial charge in [-0.2, -0.15) is 0 Å². The molecule has 0 saturated carbocycles. The summed E-state index contributed by atoms with van der Waals surface area (Å²) in [7, 11) is 3.12. The number of hydrogen-bond donors (Lipinski definition) is 1. The van der Waals surface area contributed by atoms with Crippen LogP contribution >= 0.6 is 11.6 Å². The summed E-state index contributed by atoms with van der Waals surface area (Å²) in [6, 6.07) is 14.2. The van der Waals surface area contributed by atoms with E-state index in [9.17, 15) is 14.7 Å². The predicted molar refractivity (Wildman–Crippen MR) is 119 cm³/mol. The molecule has 1 atom stereocenters. The van der Waals surface area contributed by atoms with E-state index in [1.54, 1.807) is 37.4 Å². The maximum atomic E-state index is 13.3. The van der Waals surface area contributed by atoms with E-state index in [0.29, 0.717) is 46.0 Å². The monoisotopic (exact) mass is 437 g/mol. The minimum atomic E-state index is -0.629. The van der Waals surface area contributed by atoms with Crippen LogP contribution in [-0.4, -0.2) is 25.4 Å². The number of fused-ring (bicyclic) bond motifs is 3. The lowest BCUT2D eigenvalue weighted by molar-refractivity contribution is 0.0464. The minimum absolute atomic E-state index is 0.0946. The standard InChI is InChI=1S/C23H20ClN3O4/c1-25-19-17(22(29)26(2)23(25)30)18(13-7-9-14(24)10-8-13)27-11-12-31-21(20(19)27)15-5-3-4-6-16(15)28/h3-10,21,28H,11-12H2,1-2H3/t21-/m1/s1. The smallest absolute Gasteiger partial charge is 0.331 e. The second-order valence-electron chi connectivity index (χ2n) is 7.63. The Bertz CT molecular complexity index is 1450. The average Bonchev–Trinajstić information content (AvgIpc) is 3.13. The van der Waals surface area contributed by atoms with E-state index in [1.165, 1.54) is 11.6 Å². The summed E-state index contributed by atoms with van der Waals surface area (Å²) in [4.78, 5) is 26.1. The number of rotatable bonds is 2. The van der Waals surface area contributed by atoms with Gasteiger partial charge in [-0.3, -0.25) is 13.9 Å².